The predicted octanol–water partition coefficient (Wildman–Crippen LogP) is 1.28. The predicted molar refractivity (Wildman–Crippen MR) is 102 cm³/mol. The maximum Gasteiger partial charge on any atom is 0.220 e. The molecule has 6 nitrogen and oxygen atoms in total. The van der Waals surface area contributed by atoms with E-state index in [1.165, 1.54) is 25.9 Å². The van der Waals surface area contributed by atoms with Gasteiger partial charge in [0.2, 0.25) is 5.91 Å². The molecule has 0 saturated carbocycles. The molecule has 0 aromatic carbocycles. The van der Waals surface area contributed by atoms with E-state index in [2.05, 4.69) is 39.3 Å². The van der Waals surface area contributed by atoms with E-state index in [4.69, 9.17) is 0 Å². The average Bonchev–Trinajstić information content (AvgIpc) is 2.96. The van der Waals surface area contributed by atoms with Crippen molar-refractivity contribution in [2.24, 2.45) is 16.3 Å². The lowest BCUT2D eigenvalue weighted by molar-refractivity contribution is -0.119. The molecule has 0 aromatic heterocycles. The molecule has 1 amide bonds. The highest BCUT2D eigenvalue weighted by molar-refractivity contribution is 5.81. The largest absolute Gasteiger partial charge is 0.355 e. The summed E-state index contributed by atoms with van der Waals surface area (Å²) in [7, 11) is 1.87. The fourth-order valence-corrected chi connectivity index (χ4v) is 4.60. The lowest BCUT2D eigenvalue weighted by atomic mass is 9.79. The summed E-state index contributed by atoms with van der Waals surface area (Å²) < 4.78 is 0. The van der Waals surface area contributed by atoms with Crippen molar-refractivity contribution in [1.29, 1.82) is 0 Å². The fourth-order valence-electron chi connectivity index (χ4n) is 4.60. The lowest BCUT2D eigenvalue weighted by Gasteiger charge is -2.41. The fraction of sp³-hybridized carbons (Fsp3) is 0.895. The summed E-state index contributed by atoms with van der Waals surface area (Å²) in [5.41, 5.74) is 0.113. The molecule has 3 saturated heterocycles. The highest BCUT2D eigenvalue weighted by Crippen LogP contribution is 2.35. The lowest BCUT2D eigenvalue weighted by Crippen LogP contribution is -2.53. The number of hydrogen-bond acceptors (Lipinski definition) is 3. The summed E-state index contributed by atoms with van der Waals surface area (Å²) in [4.78, 5) is 21.2. The number of carbonyl (C=O) groups is 1. The molecule has 2 atom stereocenters. The third-order valence-corrected chi connectivity index (χ3v) is 6.37. The number of carbonyl (C=O) groups excluding carboxylic acids is 1. The number of nitrogens with one attached hydrogen (secondary N) is 2. The van der Waals surface area contributed by atoms with Gasteiger partial charge in [-0.25, -0.2) is 0 Å². The Morgan fingerprint density at radius 1 is 1.40 bits per heavy atom. The third kappa shape index (κ3) is 4.46. The van der Waals surface area contributed by atoms with Crippen molar-refractivity contribution in [1.82, 2.24) is 20.4 Å². The molecule has 25 heavy (non-hydrogen) atoms. The zero-order valence-corrected chi connectivity index (χ0v) is 16.2. The van der Waals surface area contributed by atoms with Crippen molar-refractivity contribution < 1.29 is 4.79 Å². The van der Waals surface area contributed by atoms with Gasteiger partial charge in [0.15, 0.2) is 5.96 Å². The summed E-state index contributed by atoms with van der Waals surface area (Å²) in [5.74, 6) is 2.07. The third-order valence-electron chi connectivity index (χ3n) is 6.37. The molecule has 3 rings (SSSR count). The zero-order chi connectivity index (χ0) is 17.9. The molecule has 3 heterocycles. The summed E-state index contributed by atoms with van der Waals surface area (Å²) in [6, 6.07) is 0.526. The van der Waals surface area contributed by atoms with E-state index in [1.807, 2.05) is 7.05 Å². The second-order valence-electron chi connectivity index (χ2n) is 8.47. The van der Waals surface area contributed by atoms with Crippen molar-refractivity contribution in [3.05, 3.63) is 0 Å². The van der Waals surface area contributed by atoms with Gasteiger partial charge in [0.05, 0.1) is 0 Å². The number of amides is 1. The minimum absolute atomic E-state index is 0.113. The Labute approximate surface area is 152 Å². The number of aliphatic imine (C=N–C) groups is 1. The Balaban J connectivity index is 1.51. The first-order valence-corrected chi connectivity index (χ1v) is 9.98. The Morgan fingerprint density at radius 2 is 2.16 bits per heavy atom. The van der Waals surface area contributed by atoms with Crippen LogP contribution in [0.3, 0.4) is 0 Å². The van der Waals surface area contributed by atoms with E-state index in [-0.39, 0.29) is 11.3 Å². The van der Waals surface area contributed by atoms with E-state index in [0.717, 1.165) is 50.9 Å². The SMILES string of the molecule is CN=C(NCC(C)N1CCC(C)CC1)N1CCCC2(CNC(=O)C2)C1. The van der Waals surface area contributed by atoms with Crippen LogP contribution in [0.5, 0.6) is 0 Å². The van der Waals surface area contributed by atoms with E-state index >= 15 is 0 Å². The van der Waals surface area contributed by atoms with Crippen molar-refractivity contribution in [2.75, 3.05) is 46.3 Å². The smallest absolute Gasteiger partial charge is 0.220 e. The van der Waals surface area contributed by atoms with Crippen molar-refractivity contribution in [2.45, 2.75) is 52.0 Å². The van der Waals surface area contributed by atoms with Gasteiger partial charge in [-0.15, -0.1) is 0 Å². The van der Waals surface area contributed by atoms with Crippen LogP contribution < -0.4 is 10.6 Å². The summed E-state index contributed by atoms with van der Waals surface area (Å²) in [6.07, 6.45) is 5.57. The normalized spacial score (nSPS) is 30.6. The van der Waals surface area contributed by atoms with Crippen molar-refractivity contribution in [3.63, 3.8) is 0 Å². The van der Waals surface area contributed by atoms with Crippen molar-refractivity contribution in [3.8, 4) is 0 Å². The van der Waals surface area contributed by atoms with E-state index < -0.39 is 0 Å². The highest BCUT2D eigenvalue weighted by atomic mass is 16.1. The number of hydrogen-bond donors (Lipinski definition) is 2. The number of piperidine rings is 2. The number of rotatable bonds is 3. The Kier molecular flexibility index (Phi) is 5.87. The minimum atomic E-state index is 0.113. The Hall–Kier alpha value is -1.30. The Morgan fingerprint density at radius 3 is 2.80 bits per heavy atom. The molecule has 6 heteroatoms. The van der Waals surface area contributed by atoms with Gasteiger partial charge >= 0.3 is 0 Å². The maximum atomic E-state index is 11.7. The minimum Gasteiger partial charge on any atom is -0.355 e. The first-order valence-electron chi connectivity index (χ1n) is 9.98. The van der Waals surface area contributed by atoms with Gasteiger partial charge in [0, 0.05) is 51.1 Å². The van der Waals surface area contributed by atoms with Crippen LogP contribution in [-0.2, 0) is 4.79 Å². The Bertz CT molecular complexity index is 500. The van der Waals surface area contributed by atoms with Crippen molar-refractivity contribution >= 4 is 11.9 Å². The average molecular weight is 350 g/mol. The van der Waals surface area contributed by atoms with Crippen LogP contribution in [0.25, 0.3) is 0 Å². The molecule has 2 N–H and O–H groups in total. The van der Waals surface area contributed by atoms with Gasteiger partial charge < -0.3 is 15.5 Å². The summed E-state index contributed by atoms with van der Waals surface area (Å²) in [6.45, 7) is 10.8. The van der Waals surface area contributed by atoms with Crippen LogP contribution in [0, 0.1) is 11.3 Å². The number of guanidine groups is 1. The van der Waals surface area contributed by atoms with Gasteiger partial charge in [0.1, 0.15) is 0 Å². The maximum absolute atomic E-state index is 11.7. The van der Waals surface area contributed by atoms with Crippen LogP contribution in [-0.4, -0.2) is 74.0 Å². The van der Waals surface area contributed by atoms with Crippen LogP contribution in [0.2, 0.25) is 0 Å². The molecule has 142 valence electrons. The quantitative estimate of drug-likeness (QED) is 0.595. The van der Waals surface area contributed by atoms with E-state index in [9.17, 15) is 4.79 Å². The van der Waals surface area contributed by atoms with Gasteiger partial charge in [-0.2, -0.15) is 0 Å². The van der Waals surface area contributed by atoms with Gasteiger partial charge in [0.25, 0.3) is 0 Å². The molecule has 3 fully saturated rings. The molecular formula is C19H35N5O. The monoisotopic (exact) mass is 349 g/mol. The molecule has 1 spiro atoms. The standard InChI is InChI=1S/C19H35N5O/c1-15-5-9-23(10-6-15)16(2)12-21-18(20-3)24-8-4-7-19(14-24)11-17(25)22-13-19/h15-16H,4-14H2,1-3H3,(H,20,21)(H,22,25). The van der Waals surface area contributed by atoms with Crippen LogP contribution in [0.15, 0.2) is 4.99 Å². The molecule has 0 aliphatic carbocycles. The molecular weight excluding hydrogens is 314 g/mol. The highest BCUT2D eigenvalue weighted by Gasteiger charge is 2.42. The van der Waals surface area contributed by atoms with Crippen LogP contribution in [0.1, 0.15) is 46.0 Å². The van der Waals surface area contributed by atoms with Crippen LogP contribution in [0.4, 0.5) is 0 Å². The molecule has 2 unspecified atom stereocenters. The van der Waals surface area contributed by atoms with Crippen LogP contribution >= 0.6 is 0 Å². The molecule has 0 radical (unpaired) electrons. The zero-order valence-electron chi connectivity index (χ0n) is 16.2. The second-order valence-corrected chi connectivity index (χ2v) is 8.47. The van der Waals surface area contributed by atoms with Gasteiger partial charge in [-0.05, 0) is 51.6 Å². The van der Waals surface area contributed by atoms with Gasteiger partial charge in [-0.3, -0.25) is 14.7 Å². The van der Waals surface area contributed by atoms with E-state index in [0.29, 0.717) is 12.5 Å². The number of nitrogens with zero attached hydrogens (tertiary/aromatic N) is 3. The molecule has 3 aliphatic heterocycles. The molecule has 0 bridgehead atoms. The molecule has 3 aliphatic rings. The topological polar surface area (TPSA) is 60.0 Å². The van der Waals surface area contributed by atoms with Gasteiger partial charge in [-0.1, -0.05) is 6.92 Å². The first kappa shape index (κ1) is 18.5. The molecule has 0 aromatic rings. The number of likely N-dealkylation sites (tertiary alicyclic amines) is 2. The van der Waals surface area contributed by atoms with E-state index in [1.54, 1.807) is 0 Å². The second kappa shape index (κ2) is 7.94. The summed E-state index contributed by atoms with van der Waals surface area (Å²) >= 11 is 0. The summed E-state index contributed by atoms with van der Waals surface area (Å²) in [5, 5.41) is 6.62. The first-order chi connectivity index (χ1) is 12.0.